The van der Waals surface area contributed by atoms with Gasteiger partial charge in [0, 0.05) is 17.7 Å². The highest BCUT2D eigenvalue weighted by molar-refractivity contribution is 6.20. The highest BCUT2D eigenvalue weighted by Crippen LogP contribution is 2.40. The number of amides is 1. The lowest BCUT2D eigenvalue weighted by molar-refractivity contribution is -0.384. The molecule has 1 aliphatic rings. The second-order valence-electron chi connectivity index (χ2n) is 4.64. The van der Waals surface area contributed by atoms with Crippen LogP contribution in [0.3, 0.4) is 0 Å². The number of rotatable bonds is 2. The van der Waals surface area contributed by atoms with Crippen LogP contribution in [0.4, 0.5) is 5.69 Å². The van der Waals surface area contributed by atoms with Crippen molar-refractivity contribution in [2.75, 3.05) is 0 Å². The van der Waals surface area contributed by atoms with Gasteiger partial charge in [0.2, 0.25) is 0 Å². The van der Waals surface area contributed by atoms with Crippen LogP contribution in [0, 0.1) is 10.1 Å². The van der Waals surface area contributed by atoms with Crippen LogP contribution in [0.2, 0.25) is 0 Å². The number of aliphatic hydroxyl groups is 1. The molecule has 100 valence electrons. The maximum atomic E-state index is 11.5. The van der Waals surface area contributed by atoms with E-state index >= 15 is 0 Å². The molecular weight excluding hydrogens is 252 g/mol. The Morgan fingerprint density at radius 1 is 1.47 bits per heavy atom. The molecule has 7 nitrogen and oxygen atoms in total. The van der Waals surface area contributed by atoms with Gasteiger partial charge in [0.15, 0.2) is 5.60 Å². The minimum Gasteiger partial charge on any atom is -0.507 e. The van der Waals surface area contributed by atoms with Crippen LogP contribution in [0.15, 0.2) is 24.0 Å². The molecule has 1 aliphatic heterocycles. The molecule has 1 amide bonds. The van der Waals surface area contributed by atoms with Crippen molar-refractivity contribution in [1.82, 2.24) is 0 Å². The Labute approximate surface area is 108 Å². The van der Waals surface area contributed by atoms with Gasteiger partial charge in [-0.1, -0.05) is 0 Å². The van der Waals surface area contributed by atoms with Crippen LogP contribution in [-0.4, -0.2) is 21.5 Å². The first-order chi connectivity index (χ1) is 8.74. The predicted molar refractivity (Wildman–Crippen MR) is 66.5 cm³/mol. The number of nitro groups is 1. The van der Waals surface area contributed by atoms with Crippen LogP contribution in [0.25, 0.3) is 5.57 Å². The molecule has 1 aromatic carbocycles. The molecule has 1 heterocycles. The SMILES string of the molecule is CC1(C)Oc2ccc([N+](=O)[O-])cc2C(C(N)=O)=C1O. The van der Waals surface area contributed by atoms with Gasteiger partial charge >= 0.3 is 0 Å². The lowest BCUT2D eigenvalue weighted by Crippen LogP contribution is -2.37. The molecule has 0 saturated carbocycles. The summed E-state index contributed by atoms with van der Waals surface area (Å²) in [5, 5.41) is 20.8. The molecule has 19 heavy (non-hydrogen) atoms. The molecule has 2 rings (SSSR count). The third kappa shape index (κ3) is 1.99. The summed E-state index contributed by atoms with van der Waals surface area (Å²) in [5.41, 5.74) is 3.87. The van der Waals surface area contributed by atoms with E-state index in [0.29, 0.717) is 0 Å². The van der Waals surface area contributed by atoms with E-state index in [4.69, 9.17) is 10.5 Å². The summed E-state index contributed by atoms with van der Waals surface area (Å²) in [6.45, 7) is 3.13. The van der Waals surface area contributed by atoms with Gasteiger partial charge in [0.05, 0.1) is 10.5 Å². The lowest BCUT2D eigenvalue weighted by Gasteiger charge is -2.32. The van der Waals surface area contributed by atoms with E-state index < -0.39 is 16.4 Å². The molecule has 0 unspecified atom stereocenters. The molecule has 3 N–H and O–H groups in total. The van der Waals surface area contributed by atoms with E-state index in [9.17, 15) is 20.0 Å². The fourth-order valence-corrected chi connectivity index (χ4v) is 1.92. The third-order valence-corrected chi connectivity index (χ3v) is 2.86. The number of nitro benzene ring substituents is 1. The van der Waals surface area contributed by atoms with Crippen LogP contribution in [0.1, 0.15) is 19.4 Å². The Kier molecular flexibility index (Phi) is 2.69. The highest BCUT2D eigenvalue weighted by atomic mass is 16.6. The first-order valence-corrected chi connectivity index (χ1v) is 5.45. The zero-order valence-corrected chi connectivity index (χ0v) is 10.3. The van der Waals surface area contributed by atoms with E-state index in [2.05, 4.69) is 0 Å². The first kappa shape index (κ1) is 12.9. The van der Waals surface area contributed by atoms with Crippen molar-refractivity contribution in [2.45, 2.75) is 19.4 Å². The minimum atomic E-state index is -1.12. The number of nitrogens with two attached hydrogens (primary N) is 1. The summed E-state index contributed by atoms with van der Waals surface area (Å²) in [6, 6.07) is 3.79. The second kappa shape index (κ2) is 3.98. The minimum absolute atomic E-state index is 0.124. The number of hydrogen-bond acceptors (Lipinski definition) is 5. The van der Waals surface area contributed by atoms with Gasteiger partial charge in [0.1, 0.15) is 11.5 Å². The summed E-state index contributed by atoms with van der Waals surface area (Å²) >= 11 is 0. The third-order valence-electron chi connectivity index (χ3n) is 2.86. The maximum Gasteiger partial charge on any atom is 0.270 e. The van der Waals surface area contributed by atoms with E-state index in [1.54, 1.807) is 13.8 Å². The molecule has 1 aromatic rings. The molecule has 0 bridgehead atoms. The average molecular weight is 264 g/mol. The summed E-state index contributed by atoms with van der Waals surface area (Å²) in [7, 11) is 0. The van der Waals surface area contributed by atoms with E-state index in [-0.39, 0.29) is 28.3 Å². The fourth-order valence-electron chi connectivity index (χ4n) is 1.92. The molecule has 0 radical (unpaired) electrons. The molecule has 0 atom stereocenters. The summed E-state index contributed by atoms with van der Waals surface area (Å²) in [5.74, 6) is -0.939. The van der Waals surface area contributed by atoms with Gasteiger partial charge < -0.3 is 15.6 Å². The van der Waals surface area contributed by atoms with Gasteiger partial charge in [-0.2, -0.15) is 0 Å². The van der Waals surface area contributed by atoms with Crippen molar-refractivity contribution in [1.29, 1.82) is 0 Å². The van der Waals surface area contributed by atoms with Crippen molar-refractivity contribution >= 4 is 17.2 Å². The second-order valence-corrected chi connectivity index (χ2v) is 4.64. The van der Waals surface area contributed by atoms with E-state index in [1.807, 2.05) is 0 Å². The number of carbonyl (C=O) groups is 1. The quantitative estimate of drug-likeness (QED) is 0.620. The number of hydrogen-bond donors (Lipinski definition) is 2. The number of benzene rings is 1. The molecule has 0 aliphatic carbocycles. The van der Waals surface area contributed by atoms with Crippen LogP contribution in [0.5, 0.6) is 5.75 Å². The van der Waals surface area contributed by atoms with E-state index in [1.165, 1.54) is 12.1 Å². The largest absolute Gasteiger partial charge is 0.507 e. The number of aliphatic hydroxyl groups excluding tert-OH is 1. The molecule has 0 fully saturated rings. The molecule has 0 saturated heterocycles. The fraction of sp³-hybridized carbons (Fsp3) is 0.250. The van der Waals surface area contributed by atoms with E-state index in [0.717, 1.165) is 6.07 Å². The standard InChI is InChI=1S/C12H12N2O5/c1-12(2)10(15)9(11(13)16)7-5-6(14(17)18)3-4-8(7)19-12/h3-5,15H,1-2H3,(H2,13,16). The van der Waals surface area contributed by atoms with Crippen LogP contribution < -0.4 is 10.5 Å². The van der Waals surface area contributed by atoms with Gasteiger partial charge in [0.25, 0.3) is 11.6 Å². The summed E-state index contributed by atoms with van der Waals surface area (Å²) < 4.78 is 5.51. The zero-order valence-electron chi connectivity index (χ0n) is 10.3. The van der Waals surface area contributed by atoms with Crippen molar-refractivity contribution in [3.8, 4) is 5.75 Å². The Morgan fingerprint density at radius 3 is 2.63 bits per heavy atom. The Bertz CT molecular complexity index is 619. The maximum absolute atomic E-state index is 11.5. The zero-order chi connectivity index (χ0) is 14.4. The molecule has 7 heteroatoms. The lowest BCUT2D eigenvalue weighted by atomic mass is 9.92. The number of nitrogens with zero attached hydrogens (tertiary/aromatic N) is 1. The highest BCUT2D eigenvalue weighted by Gasteiger charge is 2.38. The van der Waals surface area contributed by atoms with Crippen molar-refractivity contribution in [3.63, 3.8) is 0 Å². The predicted octanol–water partition coefficient (Wildman–Crippen LogP) is 1.52. The Morgan fingerprint density at radius 2 is 2.11 bits per heavy atom. The molecule has 0 spiro atoms. The van der Waals surface area contributed by atoms with Gasteiger partial charge in [-0.3, -0.25) is 14.9 Å². The van der Waals surface area contributed by atoms with Gasteiger partial charge in [-0.15, -0.1) is 0 Å². The summed E-state index contributed by atoms with van der Waals surface area (Å²) in [4.78, 5) is 21.6. The number of fused-ring (bicyclic) bond motifs is 1. The van der Waals surface area contributed by atoms with Crippen LogP contribution >= 0.6 is 0 Å². The molecule has 0 aromatic heterocycles. The normalized spacial score (nSPS) is 16.5. The molecular formula is C12H12N2O5. The number of non-ortho nitro benzene ring substituents is 1. The van der Waals surface area contributed by atoms with Crippen molar-refractivity contribution < 1.29 is 19.6 Å². The van der Waals surface area contributed by atoms with Crippen LogP contribution in [-0.2, 0) is 4.79 Å². The number of primary amides is 1. The van der Waals surface area contributed by atoms with Gasteiger partial charge in [-0.05, 0) is 19.9 Å². The number of ether oxygens (including phenoxy) is 1. The average Bonchev–Trinajstić information content (AvgIpc) is 2.29. The smallest absolute Gasteiger partial charge is 0.270 e. The van der Waals surface area contributed by atoms with Gasteiger partial charge in [-0.25, -0.2) is 0 Å². The number of carbonyl (C=O) groups excluding carboxylic acids is 1. The first-order valence-electron chi connectivity index (χ1n) is 5.45. The summed E-state index contributed by atoms with van der Waals surface area (Å²) in [6.07, 6.45) is 0. The topological polar surface area (TPSA) is 116 Å². The van der Waals surface area contributed by atoms with Crippen molar-refractivity contribution in [3.05, 3.63) is 39.6 Å². The van der Waals surface area contributed by atoms with Crippen molar-refractivity contribution in [2.24, 2.45) is 5.73 Å². The Hall–Kier alpha value is -2.57. The Balaban J connectivity index is 2.73. The monoisotopic (exact) mass is 264 g/mol.